The number of nitriles is 1. The Morgan fingerprint density at radius 1 is 1.32 bits per heavy atom. The molecule has 1 aromatic carbocycles. The van der Waals surface area contributed by atoms with Crippen LogP contribution in [0.25, 0.3) is 0 Å². The van der Waals surface area contributed by atoms with Gasteiger partial charge in [-0.25, -0.2) is 4.79 Å². The topological polar surface area (TPSA) is 90.6 Å². The molecule has 6 nitrogen and oxygen atoms in total. The van der Waals surface area contributed by atoms with Crippen LogP contribution in [0.1, 0.15) is 38.5 Å². The molecule has 0 unspecified atom stereocenters. The van der Waals surface area contributed by atoms with Crippen LogP contribution >= 0.6 is 11.6 Å². The van der Waals surface area contributed by atoms with Gasteiger partial charge in [0.2, 0.25) is 0 Å². The number of aliphatic hydroxyl groups is 1. The van der Waals surface area contributed by atoms with Crippen molar-refractivity contribution in [2.45, 2.75) is 44.1 Å². The molecular formula is C18H21ClN2O4. The lowest BCUT2D eigenvalue weighted by Gasteiger charge is -2.30. The molecule has 25 heavy (non-hydrogen) atoms. The predicted molar refractivity (Wildman–Crippen MR) is 93.0 cm³/mol. The van der Waals surface area contributed by atoms with Gasteiger partial charge in [-0.15, -0.1) is 0 Å². The van der Waals surface area contributed by atoms with E-state index < -0.39 is 24.1 Å². The molecule has 0 radical (unpaired) electrons. The van der Waals surface area contributed by atoms with Crippen LogP contribution in [0.2, 0.25) is 5.02 Å². The first kappa shape index (κ1) is 19.2. The molecule has 1 aromatic rings. The average molecular weight is 365 g/mol. The molecule has 1 aliphatic carbocycles. The van der Waals surface area contributed by atoms with Crippen molar-refractivity contribution in [1.82, 2.24) is 0 Å². The number of hydrogen-bond donors (Lipinski definition) is 1. The van der Waals surface area contributed by atoms with Crippen molar-refractivity contribution in [1.29, 1.82) is 5.26 Å². The number of anilines is 1. The van der Waals surface area contributed by atoms with Crippen LogP contribution in [-0.2, 0) is 14.3 Å². The molecule has 0 saturated heterocycles. The maximum Gasteiger partial charge on any atom is 0.338 e. The van der Waals surface area contributed by atoms with E-state index in [1.807, 2.05) is 6.07 Å². The Morgan fingerprint density at radius 2 is 2.04 bits per heavy atom. The Morgan fingerprint density at radius 3 is 2.68 bits per heavy atom. The highest BCUT2D eigenvalue weighted by Gasteiger charge is 2.39. The largest absolute Gasteiger partial charge is 0.453 e. The Balaban J connectivity index is 2.02. The summed E-state index contributed by atoms with van der Waals surface area (Å²) in [6.07, 6.45) is 3.34. The van der Waals surface area contributed by atoms with Crippen LogP contribution < -0.4 is 4.90 Å². The number of amides is 1. The minimum Gasteiger partial charge on any atom is -0.453 e. The van der Waals surface area contributed by atoms with Gasteiger partial charge in [-0.3, -0.25) is 4.79 Å². The van der Waals surface area contributed by atoms with Crippen LogP contribution in [0.15, 0.2) is 24.3 Å². The number of esters is 1. The zero-order valence-electron chi connectivity index (χ0n) is 13.9. The molecule has 1 aliphatic rings. The van der Waals surface area contributed by atoms with Crippen LogP contribution in [0, 0.1) is 11.3 Å². The van der Waals surface area contributed by atoms with Gasteiger partial charge in [0.05, 0.1) is 12.5 Å². The van der Waals surface area contributed by atoms with E-state index in [0.29, 0.717) is 23.6 Å². The first-order valence-corrected chi connectivity index (χ1v) is 8.66. The van der Waals surface area contributed by atoms with Gasteiger partial charge >= 0.3 is 5.97 Å². The van der Waals surface area contributed by atoms with Crippen molar-refractivity contribution in [2.24, 2.45) is 0 Å². The molecule has 0 bridgehead atoms. The monoisotopic (exact) mass is 364 g/mol. The summed E-state index contributed by atoms with van der Waals surface area (Å²) >= 11 is 5.95. The van der Waals surface area contributed by atoms with Crippen molar-refractivity contribution >= 4 is 29.2 Å². The summed E-state index contributed by atoms with van der Waals surface area (Å²) in [6, 6.07) is 8.65. The van der Waals surface area contributed by atoms with Gasteiger partial charge in [-0.2, -0.15) is 5.26 Å². The van der Waals surface area contributed by atoms with E-state index in [2.05, 4.69) is 0 Å². The fourth-order valence-corrected chi connectivity index (χ4v) is 3.07. The minimum atomic E-state index is -1.49. The van der Waals surface area contributed by atoms with Gasteiger partial charge in [0, 0.05) is 17.3 Å². The third kappa shape index (κ3) is 5.18. The number of carbonyl (C=O) groups excluding carboxylic acids is 2. The van der Waals surface area contributed by atoms with Crippen molar-refractivity contribution in [2.75, 3.05) is 18.1 Å². The molecular weight excluding hydrogens is 344 g/mol. The fourth-order valence-electron chi connectivity index (χ4n) is 2.88. The molecule has 1 amide bonds. The molecule has 2 rings (SSSR count). The summed E-state index contributed by atoms with van der Waals surface area (Å²) in [4.78, 5) is 26.0. The average Bonchev–Trinajstić information content (AvgIpc) is 2.60. The third-order valence-corrected chi connectivity index (χ3v) is 4.49. The highest BCUT2D eigenvalue weighted by atomic mass is 35.5. The van der Waals surface area contributed by atoms with E-state index >= 15 is 0 Å². The number of halogens is 1. The van der Waals surface area contributed by atoms with Gasteiger partial charge in [0.15, 0.2) is 12.2 Å². The molecule has 7 heteroatoms. The Labute approximate surface area is 151 Å². The quantitative estimate of drug-likeness (QED) is 0.784. The second-order valence-electron chi connectivity index (χ2n) is 6.10. The summed E-state index contributed by atoms with van der Waals surface area (Å²) in [5.41, 5.74) is -0.966. The van der Waals surface area contributed by atoms with E-state index in [1.165, 1.54) is 4.90 Å². The van der Waals surface area contributed by atoms with E-state index in [9.17, 15) is 14.7 Å². The molecule has 0 aromatic heterocycles. The van der Waals surface area contributed by atoms with Gasteiger partial charge in [-0.1, -0.05) is 24.1 Å². The number of hydrogen-bond acceptors (Lipinski definition) is 5. The van der Waals surface area contributed by atoms with Crippen molar-refractivity contribution < 1.29 is 19.4 Å². The van der Waals surface area contributed by atoms with E-state index in [4.69, 9.17) is 21.6 Å². The highest BCUT2D eigenvalue weighted by Crippen LogP contribution is 2.29. The first-order valence-electron chi connectivity index (χ1n) is 8.29. The first-order chi connectivity index (χ1) is 12.0. The number of ether oxygens (including phenoxy) is 1. The van der Waals surface area contributed by atoms with E-state index in [1.54, 1.807) is 24.3 Å². The summed E-state index contributed by atoms with van der Waals surface area (Å²) in [6.45, 7) is -0.323. The molecule has 0 heterocycles. The Kier molecular flexibility index (Phi) is 6.80. The second kappa shape index (κ2) is 8.84. The Hall–Kier alpha value is -2.10. The summed E-state index contributed by atoms with van der Waals surface area (Å²) in [7, 11) is 0. The lowest BCUT2D eigenvalue weighted by atomic mass is 9.85. The lowest BCUT2D eigenvalue weighted by Crippen LogP contribution is -2.44. The van der Waals surface area contributed by atoms with E-state index in [-0.39, 0.29) is 13.0 Å². The van der Waals surface area contributed by atoms with Gasteiger partial charge in [-0.05, 0) is 43.9 Å². The molecule has 1 saturated carbocycles. The predicted octanol–water partition coefficient (Wildman–Crippen LogP) is 2.83. The smallest absolute Gasteiger partial charge is 0.338 e. The molecule has 0 spiro atoms. The standard InChI is InChI=1S/C18H21ClN2O4/c19-14-6-4-7-15(12-14)21(11-5-10-20)16(22)13-25-17(23)18(24)8-2-1-3-9-18/h4,6-7,12,24H,1-3,5,8-9,11,13H2. The minimum absolute atomic E-state index is 0.135. The van der Waals surface area contributed by atoms with Crippen molar-refractivity contribution in [3.05, 3.63) is 29.3 Å². The van der Waals surface area contributed by atoms with E-state index in [0.717, 1.165) is 19.3 Å². The maximum atomic E-state index is 12.5. The Bertz CT molecular complexity index is 665. The molecule has 0 atom stereocenters. The SMILES string of the molecule is N#CCCN(C(=O)COC(=O)C1(O)CCCCC1)c1cccc(Cl)c1. The number of rotatable bonds is 6. The highest BCUT2D eigenvalue weighted by molar-refractivity contribution is 6.30. The summed E-state index contributed by atoms with van der Waals surface area (Å²) < 4.78 is 5.06. The zero-order chi connectivity index (χ0) is 18.3. The van der Waals surface area contributed by atoms with Crippen molar-refractivity contribution in [3.8, 4) is 6.07 Å². The number of benzene rings is 1. The normalized spacial score (nSPS) is 15.9. The van der Waals surface area contributed by atoms with Crippen LogP contribution in [-0.4, -0.2) is 35.7 Å². The third-order valence-electron chi connectivity index (χ3n) is 4.26. The fraction of sp³-hybridized carbons (Fsp3) is 0.500. The summed E-state index contributed by atoms with van der Waals surface area (Å²) in [5.74, 6) is -1.22. The maximum absolute atomic E-state index is 12.5. The zero-order valence-corrected chi connectivity index (χ0v) is 14.7. The lowest BCUT2D eigenvalue weighted by molar-refractivity contribution is -0.170. The second-order valence-corrected chi connectivity index (χ2v) is 6.54. The van der Waals surface area contributed by atoms with Crippen molar-refractivity contribution in [3.63, 3.8) is 0 Å². The molecule has 134 valence electrons. The number of nitrogens with zero attached hydrogens (tertiary/aromatic N) is 2. The van der Waals surface area contributed by atoms with Gasteiger partial charge in [0.25, 0.3) is 5.91 Å². The summed E-state index contributed by atoms with van der Waals surface area (Å²) in [5, 5.41) is 19.6. The van der Waals surface area contributed by atoms with Gasteiger partial charge in [0.1, 0.15) is 0 Å². The molecule has 1 N–H and O–H groups in total. The van der Waals surface area contributed by atoms with Crippen LogP contribution in [0.4, 0.5) is 5.69 Å². The molecule has 1 fully saturated rings. The van der Waals surface area contributed by atoms with Crippen LogP contribution in [0.3, 0.4) is 0 Å². The van der Waals surface area contributed by atoms with Crippen LogP contribution in [0.5, 0.6) is 0 Å². The van der Waals surface area contributed by atoms with Gasteiger partial charge < -0.3 is 14.7 Å². The molecule has 0 aliphatic heterocycles. The number of carbonyl (C=O) groups is 2.